The molecule has 2 aliphatic carbocycles. The maximum Gasteiger partial charge on any atom is 0.321 e. The number of hydrogen-bond donors (Lipinski definition) is 2. The van der Waals surface area contributed by atoms with E-state index in [4.69, 9.17) is 0 Å². The first kappa shape index (κ1) is 16.3. The summed E-state index contributed by atoms with van der Waals surface area (Å²) in [5.74, 6) is -0.183. The number of nitrogens with zero attached hydrogens (tertiary/aromatic N) is 1. The molecule has 2 rings (SSSR count). The SMILES string of the molecule is CCN(CC(=O)NC(=O)NC1CCCCC1)C1CCCC1. The maximum atomic E-state index is 12.0. The molecule has 0 spiro atoms. The quantitative estimate of drug-likeness (QED) is 0.819. The Hall–Kier alpha value is -1.10. The highest BCUT2D eigenvalue weighted by Crippen LogP contribution is 2.23. The summed E-state index contributed by atoms with van der Waals surface area (Å²) in [6, 6.07) is 0.431. The van der Waals surface area contributed by atoms with Crippen LogP contribution < -0.4 is 10.6 Å². The Morgan fingerprint density at radius 1 is 1.00 bits per heavy atom. The van der Waals surface area contributed by atoms with Gasteiger partial charge in [0.15, 0.2) is 0 Å². The van der Waals surface area contributed by atoms with Gasteiger partial charge in [-0.15, -0.1) is 0 Å². The first-order valence-electron chi connectivity index (χ1n) is 8.53. The Morgan fingerprint density at radius 3 is 2.24 bits per heavy atom. The van der Waals surface area contributed by atoms with E-state index in [1.165, 1.54) is 44.9 Å². The second-order valence-electron chi connectivity index (χ2n) is 6.36. The highest BCUT2D eigenvalue weighted by atomic mass is 16.2. The van der Waals surface area contributed by atoms with Crippen molar-refractivity contribution < 1.29 is 9.59 Å². The Balaban J connectivity index is 1.70. The molecule has 2 N–H and O–H groups in total. The molecule has 2 saturated carbocycles. The van der Waals surface area contributed by atoms with Gasteiger partial charge in [-0.3, -0.25) is 15.0 Å². The normalized spacial score (nSPS) is 20.7. The average molecular weight is 295 g/mol. The van der Waals surface area contributed by atoms with Gasteiger partial charge in [0.25, 0.3) is 0 Å². The molecule has 0 heterocycles. The second-order valence-corrected chi connectivity index (χ2v) is 6.36. The molecule has 2 aliphatic rings. The lowest BCUT2D eigenvalue weighted by Crippen LogP contribution is -2.49. The second kappa shape index (κ2) is 8.37. The minimum Gasteiger partial charge on any atom is -0.335 e. The van der Waals surface area contributed by atoms with E-state index in [0.29, 0.717) is 12.6 Å². The van der Waals surface area contributed by atoms with E-state index in [0.717, 1.165) is 19.4 Å². The molecular weight excluding hydrogens is 266 g/mol. The summed E-state index contributed by atoms with van der Waals surface area (Å²) in [4.78, 5) is 26.0. The summed E-state index contributed by atoms with van der Waals surface area (Å²) in [5.41, 5.74) is 0. The molecule has 21 heavy (non-hydrogen) atoms. The number of amides is 3. The van der Waals surface area contributed by atoms with Gasteiger partial charge in [0.2, 0.25) is 5.91 Å². The van der Waals surface area contributed by atoms with E-state index >= 15 is 0 Å². The molecule has 0 saturated heterocycles. The summed E-state index contributed by atoms with van der Waals surface area (Å²) >= 11 is 0. The standard InChI is InChI=1S/C16H29N3O2/c1-2-19(14-10-6-7-11-14)12-15(20)18-16(21)17-13-8-4-3-5-9-13/h13-14H,2-12H2,1H3,(H2,17,18,20,21). The van der Waals surface area contributed by atoms with E-state index in [1.54, 1.807) is 0 Å². The van der Waals surface area contributed by atoms with Crippen molar-refractivity contribution in [3.8, 4) is 0 Å². The van der Waals surface area contributed by atoms with Crippen LogP contribution >= 0.6 is 0 Å². The van der Waals surface area contributed by atoms with Crippen LogP contribution in [0.5, 0.6) is 0 Å². The van der Waals surface area contributed by atoms with Crippen LogP contribution in [0.15, 0.2) is 0 Å². The lowest BCUT2D eigenvalue weighted by atomic mass is 9.96. The van der Waals surface area contributed by atoms with Crippen molar-refractivity contribution in [2.75, 3.05) is 13.1 Å². The largest absolute Gasteiger partial charge is 0.335 e. The van der Waals surface area contributed by atoms with Crippen LogP contribution in [0.2, 0.25) is 0 Å². The van der Waals surface area contributed by atoms with Crippen molar-refractivity contribution in [3.63, 3.8) is 0 Å². The topological polar surface area (TPSA) is 61.4 Å². The molecule has 3 amide bonds. The highest BCUT2D eigenvalue weighted by Gasteiger charge is 2.24. The fourth-order valence-electron chi connectivity index (χ4n) is 3.59. The van der Waals surface area contributed by atoms with Gasteiger partial charge in [0, 0.05) is 12.1 Å². The number of hydrogen-bond acceptors (Lipinski definition) is 3. The van der Waals surface area contributed by atoms with Gasteiger partial charge >= 0.3 is 6.03 Å². The number of rotatable bonds is 5. The number of urea groups is 1. The smallest absolute Gasteiger partial charge is 0.321 e. The molecule has 0 aromatic carbocycles. The van der Waals surface area contributed by atoms with E-state index in [1.807, 2.05) is 0 Å². The van der Waals surface area contributed by atoms with E-state index in [-0.39, 0.29) is 18.0 Å². The first-order valence-corrected chi connectivity index (χ1v) is 8.53. The molecule has 0 aromatic heterocycles. The van der Waals surface area contributed by atoms with Crippen molar-refractivity contribution in [3.05, 3.63) is 0 Å². The molecule has 0 bridgehead atoms. The molecule has 0 atom stereocenters. The number of likely N-dealkylation sites (N-methyl/N-ethyl adjacent to an activating group) is 1. The molecular formula is C16H29N3O2. The van der Waals surface area contributed by atoms with Crippen molar-refractivity contribution in [1.82, 2.24) is 15.5 Å². The van der Waals surface area contributed by atoms with Gasteiger partial charge in [-0.05, 0) is 32.2 Å². The highest BCUT2D eigenvalue weighted by molar-refractivity contribution is 5.95. The van der Waals surface area contributed by atoms with Crippen LogP contribution in [0.1, 0.15) is 64.7 Å². The van der Waals surface area contributed by atoms with Gasteiger partial charge < -0.3 is 5.32 Å². The molecule has 120 valence electrons. The summed E-state index contributed by atoms with van der Waals surface area (Å²) < 4.78 is 0. The fourth-order valence-corrected chi connectivity index (χ4v) is 3.59. The minimum absolute atomic E-state index is 0.183. The lowest BCUT2D eigenvalue weighted by Gasteiger charge is -2.27. The molecule has 5 nitrogen and oxygen atoms in total. The van der Waals surface area contributed by atoms with Crippen LogP contribution in [0.4, 0.5) is 4.79 Å². The third-order valence-electron chi connectivity index (χ3n) is 4.79. The van der Waals surface area contributed by atoms with Crippen LogP contribution in [0.25, 0.3) is 0 Å². The zero-order valence-electron chi connectivity index (χ0n) is 13.2. The zero-order chi connectivity index (χ0) is 15.1. The van der Waals surface area contributed by atoms with Crippen molar-refractivity contribution in [1.29, 1.82) is 0 Å². The van der Waals surface area contributed by atoms with Gasteiger partial charge in [0.1, 0.15) is 0 Å². The van der Waals surface area contributed by atoms with Gasteiger partial charge in [-0.1, -0.05) is 39.0 Å². The van der Waals surface area contributed by atoms with E-state index in [9.17, 15) is 9.59 Å². The number of imide groups is 1. The van der Waals surface area contributed by atoms with E-state index in [2.05, 4.69) is 22.5 Å². The summed E-state index contributed by atoms with van der Waals surface area (Å²) in [5, 5.41) is 5.41. The molecule has 0 radical (unpaired) electrons. The first-order chi connectivity index (χ1) is 10.2. The van der Waals surface area contributed by atoms with Crippen molar-refractivity contribution in [2.24, 2.45) is 0 Å². The van der Waals surface area contributed by atoms with Crippen LogP contribution in [0.3, 0.4) is 0 Å². The molecule has 0 unspecified atom stereocenters. The third-order valence-corrected chi connectivity index (χ3v) is 4.79. The number of carbonyl (C=O) groups is 2. The number of nitrogens with one attached hydrogen (secondary N) is 2. The Morgan fingerprint density at radius 2 is 1.62 bits per heavy atom. The maximum absolute atomic E-state index is 12.0. The predicted octanol–water partition coefficient (Wildman–Crippen LogP) is 2.41. The Bertz CT molecular complexity index is 347. The van der Waals surface area contributed by atoms with Gasteiger partial charge in [0.05, 0.1) is 6.54 Å². The van der Waals surface area contributed by atoms with Crippen molar-refractivity contribution >= 4 is 11.9 Å². The Labute approximate surface area is 127 Å². The van der Waals surface area contributed by atoms with Crippen molar-refractivity contribution in [2.45, 2.75) is 76.8 Å². The summed E-state index contributed by atoms with van der Waals surface area (Å²) in [7, 11) is 0. The van der Waals surface area contributed by atoms with Crippen LogP contribution in [-0.2, 0) is 4.79 Å². The summed E-state index contributed by atoms with van der Waals surface area (Å²) in [6.45, 7) is 3.27. The molecule has 2 fully saturated rings. The summed E-state index contributed by atoms with van der Waals surface area (Å²) in [6.07, 6.45) is 10.5. The van der Waals surface area contributed by atoms with Crippen LogP contribution in [0, 0.1) is 0 Å². The van der Waals surface area contributed by atoms with Crippen LogP contribution in [-0.4, -0.2) is 42.0 Å². The number of carbonyl (C=O) groups excluding carboxylic acids is 2. The van der Waals surface area contributed by atoms with Gasteiger partial charge in [-0.25, -0.2) is 4.79 Å². The lowest BCUT2D eigenvalue weighted by molar-refractivity contribution is -0.121. The molecule has 0 aliphatic heterocycles. The molecule has 0 aromatic rings. The molecule has 5 heteroatoms. The van der Waals surface area contributed by atoms with Gasteiger partial charge in [-0.2, -0.15) is 0 Å². The fraction of sp³-hybridized carbons (Fsp3) is 0.875. The predicted molar refractivity (Wildman–Crippen MR) is 83.1 cm³/mol. The third kappa shape index (κ3) is 5.30. The Kier molecular flexibility index (Phi) is 6.49. The zero-order valence-corrected chi connectivity index (χ0v) is 13.2. The minimum atomic E-state index is -0.325. The van der Waals surface area contributed by atoms with E-state index < -0.39 is 0 Å². The monoisotopic (exact) mass is 295 g/mol. The average Bonchev–Trinajstić information content (AvgIpc) is 2.99.